The van der Waals surface area contributed by atoms with Crippen molar-refractivity contribution in [3.05, 3.63) is 96.3 Å². The molecule has 0 unspecified atom stereocenters. The summed E-state index contributed by atoms with van der Waals surface area (Å²) in [5.74, 6) is -0.898. The molecule has 0 aliphatic carbocycles. The van der Waals surface area contributed by atoms with Crippen molar-refractivity contribution in [2.45, 2.75) is 6.42 Å². The van der Waals surface area contributed by atoms with Gasteiger partial charge in [0.05, 0.1) is 12.1 Å². The van der Waals surface area contributed by atoms with Gasteiger partial charge in [-0.05, 0) is 29.8 Å². The molecule has 3 aromatic carbocycles. The summed E-state index contributed by atoms with van der Waals surface area (Å²) in [7, 11) is 0. The number of para-hydroxylation sites is 1. The molecule has 1 aromatic heterocycles. The van der Waals surface area contributed by atoms with Gasteiger partial charge in [0, 0.05) is 5.56 Å². The van der Waals surface area contributed by atoms with Crippen molar-refractivity contribution in [2.75, 3.05) is 6.61 Å². The van der Waals surface area contributed by atoms with Crippen molar-refractivity contribution in [1.82, 2.24) is 25.6 Å². The summed E-state index contributed by atoms with van der Waals surface area (Å²) in [6, 6.07) is 25.2. The highest BCUT2D eigenvalue weighted by atomic mass is 16.5. The molecule has 0 spiro atoms. The lowest BCUT2D eigenvalue weighted by Gasteiger charge is -2.08. The number of nitrogens with zero attached hydrogens (tertiary/aromatic N) is 3. The van der Waals surface area contributed by atoms with Crippen molar-refractivity contribution >= 4 is 17.7 Å². The Kier molecular flexibility index (Phi) is 7.12. The Bertz CT molecular complexity index is 1260. The van der Waals surface area contributed by atoms with Gasteiger partial charge < -0.3 is 10.5 Å². The zero-order chi connectivity index (χ0) is 24.6. The average molecular weight is 470 g/mol. The van der Waals surface area contributed by atoms with Crippen LogP contribution in [-0.4, -0.2) is 39.1 Å². The highest BCUT2D eigenvalue weighted by Gasteiger charge is 2.19. The number of hydrazine groups is 1. The van der Waals surface area contributed by atoms with Crippen LogP contribution >= 0.6 is 0 Å². The average Bonchev–Trinajstić information content (AvgIpc) is 3.33. The third kappa shape index (κ3) is 6.08. The Morgan fingerprint density at radius 3 is 2.17 bits per heavy atom. The number of nitrogens with two attached hydrogens (primary N) is 1. The molecule has 0 atom stereocenters. The molecule has 10 nitrogen and oxygen atoms in total. The molecule has 176 valence electrons. The molecule has 0 bridgehead atoms. The maximum atomic E-state index is 12.6. The summed E-state index contributed by atoms with van der Waals surface area (Å²) < 4.78 is 6.96. The van der Waals surface area contributed by atoms with Crippen LogP contribution in [0.2, 0.25) is 0 Å². The van der Waals surface area contributed by atoms with Gasteiger partial charge in [-0.25, -0.2) is 9.67 Å². The normalized spacial score (nSPS) is 10.4. The molecule has 4 aromatic rings. The standard InChI is InChI=1S/C25H22N6O4/c26-21(32)15-17-11-13-20(14-12-17)35-16-22(33)28-29-25(34)23-27-24(18-7-3-1-4-8-18)31(30-23)19-9-5-2-6-10-19/h1-14H,15-16H2,(H2,26,32)(H,28,33)(H,29,34). The van der Waals surface area contributed by atoms with E-state index in [-0.39, 0.29) is 18.9 Å². The number of benzene rings is 3. The number of primary amides is 1. The molecule has 1 heterocycles. The molecule has 0 saturated carbocycles. The number of carbonyl (C=O) groups excluding carboxylic acids is 3. The van der Waals surface area contributed by atoms with Crippen molar-refractivity contribution in [3.63, 3.8) is 0 Å². The fraction of sp³-hybridized carbons (Fsp3) is 0.0800. The van der Waals surface area contributed by atoms with E-state index in [4.69, 9.17) is 10.5 Å². The minimum Gasteiger partial charge on any atom is -0.484 e. The second kappa shape index (κ2) is 10.8. The van der Waals surface area contributed by atoms with Crippen LogP contribution in [0.25, 0.3) is 17.1 Å². The predicted octanol–water partition coefficient (Wildman–Crippen LogP) is 1.80. The number of rotatable bonds is 8. The van der Waals surface area contributed by atoms with Gasteiger partial charge in [-0.3, -0.25) is 25.2 Å². The summed E-state index contributed by atoms with van der Waals surface area (Å²) in [5.41, 5.74) is 12.0. The molecule has 10 heteroatoms. The summed E-state index contributed by atoms with van der Waals surface area (Å²) in [5, 5.41) is 4.34. The maximum absolute atomic E-state index is 12.6. The van der Waals surface area contributed by atoms with Crippen LogP contribution in [0.5, 0.6) is 5.75 Å². The van der Waals surface area contributed by atoms with Gasteiger partial charge in [0.15, 0.2) is 12.4 Å². The Morgan fingerprint density at radius 2 is 1.51 bits per heavy atom. The maximum Gasteiger partial charge on any atom is 0.309 e. The van der Waals surface area contributed by atoms with E-state index in [1.807, 2.05) is 60.7 Å². The molecule has 4 N–H and O–H groups in total. The van der Waals surface area contributed by atoms with Gasteiger partial charge in [-0.2, -0.15) is 0 Å². The molecule has 0 fully saturated rings. The third-order valence-corrected chi connectivity index (χ3v) is 4.83. The lowest BCUT2D eigenvalue weighted by molar-refractivity contribution is -0.123. The topological polar surface area (TPSA) is 141 Å². The fourth-order valence-electron chi connectivity index (χ4n) is 3.20. The number of amides is 3. The first-order valence-electron chi connectivity index (χ1n) is 10.7. The van der Waals surface area contributed by atoms with E-state index in [0.717, 1.165) is 16.8 Å². The molecular weight excluding hydrogens is 448 g/mol. The van der Waals surface area contributed by atoms with E-state index in [1.165, 1.54) is 0 Å². The first kappa shape index (κ1) is 23.2. The van der Waals surface area contributed by atoms with Crippen LogP contribution in [0, 0.1) is 0 Å². The summed E-state index contributed by atoms with van der Waals surface area (Å²) >= 11 is 0. The SMILES string of the molecule is NC(=O)Cc1ccc(OCC(=O)NNC(=O)c2nc(-c3ccccc3)n(-c3ccccc3)n2)cc1. The summed E-state index contributed by atoms with van der Waals surface area (Å²) in [6.07, 6.45) is 0.118. The van der Waals surface area contributed by atoms with Crippen LogP contribution in [0.4, 0.5) is 0 Å². The van der Waals surface area contributed by atoms with Gasteiger partial charge in [-0.15, -0.1) is 5.10 Å². The number of nitrogens with one attached hydrogen (secondary N) is 2. The quantitative estimate of drug-likeness (QED) is 0.335. The zero-order valence-electron chi connectivity index (χ0n) is 18.5. The van der Waals surface area contributed by atoms with Crippen LogP contribution in [0.15, 0.2) is 84.9 Å². The van der Waals surface area contributed by atoms with E-state index in [0.29, 0.717) is 11.6 Å². The van der Waals surface area contributed by atoms with Gasteiger partial charge in [0.1, 0.15) is 5.75 Å². The van der Waals surface area contributed by atoms with E-state index in [2.05, 4.69) is 20.9 Å². The lowest BCUT2D eigenvalue weighted by Crippen LogP contribution is -2.44. The fourth-order valence-corrected chi connectivity index (χ4v) is 3.20. The number of carbonyl (C=O) groups is 3. The van der Waals surface area contributed by atoms with Gasteiger partial charge in [-0.1, -0.05) is 60.7 Å². The zero-order valence-corrected chi connectivity index (χ0v) is 18.5. The van der Waals surface area contributed by atoms with Crippen molar-refractivity contribution in [1.29, 1.82) is 0 Å². The van der Waals surface area contributed by atoms with Crippen LogP contribution in [0.1, 0.15) is 16.2 Å². The largest absolute Gasteiger partial charge is 0.484 e. The molecule has 0 radical (unpaired) electrons. The van der Waals surface area contributed by atoms with E-state index >= 15 is 0 Å². The third-order valence-electron chi connectivity index (χ3n) is 4.83. The molecule has 0 aliphatic heterocycles. The number of ether oxygens (including phenoxy) is 1. The number of hydrogen-bond acceptors (Lipinski definition) is 6. The molecule has 4 rings (SSSR count). The second-order valence-corrected chi connectivity index (χ2v) is 7.45. The minimum absolute atomic E-state index is 0.112. The first-order chi connectivity index (χ1) is 17.0. The number of hydrogen-bond donors (Lipinski definition) is 3. The highest BCUT2D eigenvalue weighted by molar-refractivity contribution is 5.92. The summed E-state index contributed by atoms with van der Waals surface area (Å²) in [4.78, 5) is 40.1. The van der Waals surface area contributed by atoms with Crippen LogP contribution in [0.3, 0.4) is 0 Å². The van der Waals surface area contributed by atoms with Crippen LogP contribution < -0.4 is 21.3 Å². The molecule has 0 aliphatic rings. The van der Waals surface area contributed by atoms with Crippen molar-refractivity contribution < 1.29 is 19.1 Å². The first-order valence-corrected chi connectivity index (χ1v) is 10.7. The second-order valence-electron chi connectivity index (χ2n) is 7.45. The van der Waals surface area contributed by atoms with E-state index < -0.39 is 17.7 Å². The Morgan fingerprint density at radius 1 is 0.857 bits per heavy atom. The van der Waals surface area contributed by atoms with Gasteiger partial charge >= 0.3 is 5.91 Å². The van der Waals surface area contributed by atoms with E-state index in [9.17, 15) is 14.4 Å². The van der Waals surface area contributed by atoms with Gasteiger partial charge in [0.2, 0.25) is 11.7 Å². The van der Waals surface area contributed by atoms with Crippen molar-refractivity contribution in [2.24, 2.45) is 5.73 Å². The highest BCUT2D eigenvalue weighted by Crippen LogP contribution is 2.21. The Balaban J connectivity index is 1.38. The molecule has 35 heavy (non-hydrogen) atoms. The smallest absolute Gasteiger partial charge is 0.309 e. The number of aromatic nitrogens is 3. The molecule has 0 saturated heterocycles. The predicted molar refractivity (Wildman–Crippen MR) is 127 cm³/mol. The van der Waals surface area contributed by atoms with Crippen molar-refractivity contribution in [3.8, 4) is 22.8 Å². The Labute approximate surface area is 200 Å². The lowest BCUT2D eigenvalue weighted by atomic mass is 10.1. The van der Waals surface area contributed by atoms with Gasteiger partial charge in [0.25, 0.3) is 5.91 Å². The van der Waals surface area contributed by atoms with E-state index in [1.54, 1.807) is 28.9 Å². The minimum atomic E-state index is -0.680. The summed E-state index contributed by atoms with van der Waals surface area (Å²) in [6.45, 7) is -0.337. The molecule has 3 amide bonds. The molecular formula is C25H22N6O4. The monoisotopic (exact) mass is 470 g/mol. The Hall–Kier alpha value is -4.99. The van der Waals surface area contributed by atoms with Crippen LogP contribution in [-0.2, 0) is 16.0 Å².